The Morgan fingerprint density at radius 1 is 0.931 bits per heavy atom. The van der Waals surface area contributed by atoms with E-state index in [1.54, 1.807) is 36.4 Å². The molecule has 1 heterocycles. The normalized spacial score (nSPS) is 10.8. The topological polar surface area (TPSA) is 86.6 Å². The molecule has 0 bridgehead atoms. The third-order valence-electron chi connectivity index (χ3n) is 4.63. The number of para-hydroxylation sites is 1. The lowest BCUT2D eigenvalue weighted by atomic mass is 10.0. The zero-order valence-corrected chi connectivity index (χ0v) is 16.3. The van der Waals surface area contributed by atoms with Crippen LogP contribution in [0.25, 0.3) is 21.2 Å². The second-order valence-electron chi connectivity index (χ2n) is 6.67. The van der Waals surface area contributed by atoms with E-state index in [-0.39, 0.29) is 22.9 Å². The first kappa shape index (κ1) is 18.7. The Bertz CT molecular complexity index is 1260. The van der Waals surface area contributed by atoms with Gasteiger partial charge in [0.15, 0.2) is 0 Å². The van der Waals surface area contributed by atoms with Crippen LogP contribution in [0, 0.1) is 6.92 Å². The number of aryl methyl sites for hydroxylation is 1. The summed E-state index contributed by atoms with van der Waals surface area (Å²) in [7, 11) is 0. The number of carbonyl (C=O) groups excluding carboxylic acids is 1. The molecule has 0 aliphatic heterocycles. The fourth-order valence-electron chi connectivity index (χ4n) is 3.22. The van der Waals surface area contributed by atoms with Crippen molar-refractivity contribution < 1.29 is 19.8 Å². The predicted molar refractivity (Wildman–Crippen MR) is 115 cm³/mol. The molecule has 4 aromatic rings. The molecule has 0 aliphatic carbocycles. The fraction of sp³-hybridized carbons (Fsp3) is 0.0435. The first-order valence-electron chi connectivity index (χ1n) is 8.89. The quantitative estimate of drug-likeness (QED) is 0.418. The van der Waals surface area contributed by atoms with Crippen LogP contribution in [0.1, 0.15) is 25.6 Å². The highest BCUT2D eigenvalue weighted by molar-refractivity contribution is 7.17. The molecule has 0 saturated carbocycles. The summed E-state index contributed by atoms with van der Waals surface area (Å²) >= 11 is 1.36. The summed E-state index contributed by atoms with van der Waals surface area (Å²) < 4.78 is 0. The van der Waals surface area contributed by atoms with Crippen LogP contribution in [0.5, 0.6) is 5.75 Å². The van der Waals surface area contributed by atoms with Gasteiger partial charge < -0.3 is 15.5 Å². The minimum absolute atomic E-state index is 0.0483. The number of hydrogen-bond donors (Lipinski definition) is 3. The smallest absolute Gasteiger partial charge is 0.337 e. The van der Waals surface area contributed by atoms with E-state index in [0.29, 0.717) is 4.88 Å². The lowest BCUT2D eigenvalue weighted by Gasteiger charge is -2.07. The van der Waals surface area contributed by atoms with Crippen molar-refractivity contribution in [3.05, 3.63) is 82.7 Å². The number of nitrogens with one attached hydrogen (secondary N) is 1. The van der Waals surface area contributed by atoms with Crippen molar-refractivity contribution in [2.75, 3.05) is 5.32 Å². The number of carbonyl (C=O) groups is 2. The average molecular weight is 403 g/mol. The molecule has 3 N–H and O–H groups in total. The number of hydrogen-bond acceptors (Lipinski definition) is 4. The van der Waals surface area contributed by atoms with Gasteiger partial charge in [-0.3, -0.25) is 4.79 Å². The van der Waals surface area contributed by atoms with Crippen LogP contribution in [-0.2, 0) is 0 Å². The van der Waals surface area contributed by atoms with E-state index in [1.165, 1.54) is 17.4 Å². The third-order valence-corrected chi connectivity index (χ3v) is 5.92. The molecule has 5 nitrogen and oxygen atoms in total. The molecule has 0 atom stereocenters. The number of aromatic hydroxyl groups is 1. The van der Waals surface area contributed by atoms with Crippen molar-refractivity contribution in [2.45, 2.75) is 6.92 Å². The van der Waals surface area contributed by atoms with Crippen LogP contribution < -0.4 is 5.32 Å². The van der Waals surface area contributed by atoms with Gasteiger partial charge in [-0.05, 0) is 65.2 Å². The van der Waals surface area contributed by atoms with Crippen LogP contribution >= 0.6 is 11.3 Å². The molecule has 3 aromatic carbocycles. The van der Waals surface area contributed by atoms with Crippen molar-refractivity contribution in [1.29, 1.82) is 0 Å². The van der Waals surface area contributed by atoms with E-state index in [4.69, 9.17) is 0 Å². The second-order valence-corrected chi connectivity index (χ2v) is 7.73. The van der Waals surface area contributed by atoms with E-state index in [9.17, 15) is 19.8 Å². The zero-order valence-electron chi connectivity index (χ0n) is 15.5. The fourth-order valence-corrected chi connectivity index (χ4v) is 4.28. The largest absolute Gasteiger partial charge is 0.508 e. The van der Waals surface area contributed by atoms with Crippen molar-refractivity contribution in [3.63, 3.8) is 0 Å². The third kappa shape index (κ3) is 3.70. The summed E-state index contributed by atoms with van der Waals surface area (Å²) in [5.41, 5.74) is 2.26. The van der Waals surface area contributed by atoms with Gasteiger partial charge in [0, 0.05) is 4.88 Å². The van der Waals surface area contributed by atoms with E-state index in [0.717, 1.165) is 26.8 Å². The molecular formula is C23H17NO4S. The van der Waals surface area contributed by atoms with E-state index < -0.39 is 5.97 Å². The summed E-state index contributed by atoms with van der Waals surface area (Å²) in [6, 6.07) is 19.3. The molecule has 6 heteroatoms. The number of carboxylic acids is 1. The number of aromatic carboxylic acids is 1. The highest BCUT2D eigenvalue weighted by Crippen LogP contribution is 2.35. The van der Waals surface area contributed by atoms with Crippen molar-refractivity contribution in [3.8, 4) is 16.2 Å². The molecular weight excluding hydrogens is 386 g/mol. The molecule has 0 aliphatic rings. The maximum absolute atomic E-state index is 12.7. The lowest BCUT2D eigenvalue weighted by molar-refractivity contribution is 0.0698. The Hall–Kier alpha value is -3.64. The van der Waals surface area contributed by atoms with Gasteiger partial charge in [-0.15, -0.1) is 11.3 Å². The number of thiophene rings is 1. The Kier molecular flexibility index (Phi) is 4.78. The van der Waals surface area contributed by atoms with Crippen LogP contribution in [-0.4, -0.2) is 22.1 Å². The summed E-state index contributed by atoms with van der Waals surface area (Å²) in [4.78, 5) is 25.5. The van der Waals surface area contributed by atoms with Gasteiger partial charge in [-0.2, -0.15) is 0 Å². The Morgan fingerprint density at radius 3 is 2.45 bits per heavy atom. The van der Waals surface area contributed by atoms with Crippen LogP contribution in [0.4, 0.5) is 5.69 Å². The highest BCUT2D eigenvalue weighted by Gasteiger charge is 2.17. The summed E-state index contributed by atoms with van der Waals surface area (Å²) in [6.07, 6.45) is 0. The Morgan fingerprint density at radius 2 is 1.66 bits per heavy atom. The Balaban J connectivity index is 1.65. The summed E-state index contributed by atoms with van der Waals surface area (Å²) in [5, 5.41) is 23.5. The number of carboxylic acid groups (broad SMARTS) is 1. The molecule has 1 amide bonds. The number of phenols is 1. The van der Waals surface area contributed by atoms with Gasteiger partial charge in [0.05, 0.1) is 16.1 Å². The van der Waals surface area contributed by atoms with E-state index >= 15 is 0 Å². The van der Waals surface area contributed by atoms with Crippen molar-refractivity contribution in [2.24, 2.45) is 0 Å². The summed E-state index contributed by atoms with van der Waals surface area (Å²) in [5.74, 6) is -1.21. The van der Waals surface area contributed by atoms with E-state index in [1.807, 2.05) is 31.2 Å². The first-order valence-corrected chi connectivity index (χ1v) is 9.71. The van der Waals surface area contributed by atoms with Crippen LogP contribution in [0.2, 0.25) is 0 Å². The van der Waals surface area contributed by atoms with Gasteiger partial charge in [-0.1, -0.05) is 30.3 Å². The van der Waals surface area contributed by atoms with Crippen LogP contribution in [0.3, 0.4) is 0 Å². The highest BCUT2D eigenvalue weighted by atomic mass is 32.1. The number of phenolic OH excluding ortho intramolecular Hbond substituents is 1. The van der Waals surface area contributed by atoms with Gasteiger partial charge in [-0.25, -0.2) is 4.79 Å². The minimum Gasteiger partial charge on any atom is -0.508 e. The molecule has 1 aromatic heterocycles. The van der Waals surface area contributed by atoms with Gasteiger partial charge in [0.25, 0.3) is 5.91 Å². The molecule has 29 heavy (non-hydrogen) atoms. The standard InChI is InChI=1S/C23H17NO4S/c1-13-10-20(22(26)24-19-5-3-2-4-18(19)23(27)28)29-21(13)16-7-6-15-12-17(25)9-8-14(15)11-16/h2-12,25H,1H3,(H,24,26)(H,27,28). The second kappa shape index (κ2) is 7.41. The molecule has 0 unspecified atom stereocenters. The SMILES string of the molecule is Cc1cc(C(=O)Nc2ccccc2C(=O)O)sc1-c1ccc2cc(O)ccc2c1. The minimum atomic E-state index is -1.09. The lowest BCUT2D eigenvalue weighted by Crippen LogP contribution is -2.13. The van der Waals surface area contributed by atoms with Gasteiger partial charge in [0.1, 0.15) is 5.75 Å². The Labute approximate surface area is 170 Å². The molecule has 144 valence electrons. The first-order chi connectivity index (χ1) is 13.9. The van der Waals surface area contributed by atoms with Gasteiger partial charge in [0.2, 0.25) is 0 Å². The maximum Gasteiger partial charge on any atom is 0.337 e. The van der Waals surface area contributed by atoms with Crippen molar-refractivity contribution >= 4 is 39.7 Å². The number of amides is 1. The molecule has 0 fully saturated rings. The molecule has 4 rings (SSSR count). The average Bonchev–Trinajstić information content (AvgIpc) is 3.09. The number of benzene rings is 3. The number of fused-ring (bicyclic) bond motifs is 1. The molecule has 0 saturated heterocycles. The number of rotatable bonds is 4. The van der Waals surface area contributed by atoms with Crippen molar-refractivity contribution in [1.82, 2.24) is 0 Å². The number of anilines is 1. The molecule has 0 radical (unpaired) electrons. The zero-order chi connectivity index (χ0) is 20.5. The monoisotopic (exact) mass is 403 g/mol. The van der Waals surface area contributed by atoms with Crippen LogP contribution in [0.15, 0.2) is 66.7 Å². The van der Waals surface area contributed by atoms with Gasteiger partial charge >= 0.3 is 5.97 Å². The summed E-state index contributed by atoms with van der Waals surface area (Å²) in [6.45, 7) is 1.94. The molecule has 0 spiro atoms. The van der Waals surface area contributed by atoms with E-state index in [2.05, 4.69) is 5.32 Å². The maximum atomic E-state index is 12.7. The predicted octanol–water partition coefficient (Wildman–Crippen LogP) is 5.53.